The molecule has 0 atom stereocenters. The van der Waals surface area contributed by atoms with Gasteiger partial charge in [-0.15, -0.1) is 0 Å². The summed E-state index contributed by atoms with van der Waals surface area (Å²) < 4.78 is 0. The number of anilines is 2. The van der Waals surface area contributed by atoms with E-state index in [-0.39, 0.29) is 0 Å². The molecule has 0 saturated carbocycles. The third kappa shape index (κ3) is 1.66. The van der Waals surface area contributed by atoms with Crippen molar-refractivity contribution in [1.82, 2.24) is 0 Å². The standard InChI is InChI=1S/C14H21N2/c1-5-11(6-2)12-8-7-10(3)13-14(12)16(4)9-15-13/h7-9,11,15H,5-6H2,1-4H3. The SMILES string of the molecule is CCC(CC)c1ccc(C)c2c1N(C)[CH]N2. The molecule has 0 amide bonds. The molecular formula is C14H21N2. The lowest BCUT2D eigenvalue weighted by atomic mass is 9.91. The Balaban J connectivity index is 2.51. The minimum atomic E-state index is 0.671. The van der Waals surface area contributed by atoms with Crippen LogP contribution in [-0.4, -0.2) is 7.05 Å². The van der Waals surface area contributed by atoms with Crippen molar-refractivity contribution >= 4 is 11.4 Å². The van der Waals surface area contributed by atoms with Gasteiger partial charge in [0.05, 0.1) is 11.4 Å². The fraction of sp³-hybridized carbons (Fsp3) is 0.500. The summed E-state index contributed by atoms with van der Waals surface area (Å²) in [6.45, 7) is 8.75. The number of hydrogen-bond donors (Lipinski definition) is 1. The third-order valence-electron chi connectivity index (χ3n) is 3.60. The van der Waals surface area contributed by atoms with E-state index in [1.54, 1.807) is 0 Å². The van der Waals surface area contributed by atoms with E-state index in [4.69, 9.17) is 0 Å². The lowest BCUT2D eigenvalue weighted by molar-refractivity contribution is 0.642. The van der Waals surface area contributed by atoms with Crippen LogP contribution in [0.4, 0.5) is 11.4 Å². The Morgan fingerprint density at radius 1 is 1.25 bits per heavy atom. The first-order valence-corrected chi connectivity index (χ1v) is 6.15. The Labute approximate surface area is 98.7 Å². The summed E-state index contributed by atoms with van der Waals surface area (Å²) in [5.41, 5.74) is 5.46. The molecule has 16 heavy (non-hydrogen) atoms. The van der Waals surface area contributed by atoms with Crippen molar-refractivity contribution in [3.05, 3.63) is 29.9 Å². The smallest absolute Gasteiger partial charge is 0.139 e. The van der Waals surface area contributed by atoms with E-state index in [1.165, 1.54) is 35.3 Å². The van der Waals surface area contributed by atoms with Gasteiger partial charge in [0.1, 0.15) is 6.67 Å². The summed E-state index contributed by atoms with van der Waals surface area (Å²) in [7, 11) is 2.12. The van der Waals surface area contributed by atoms with Crippen LogP contribution in [0.25, 0.3) is 0 Å². The molecular weight excluding hydrogens is 196 g/mol. The van der Waals surface area contributed by atoms with E-state index < -0.39 is 0 Å². The van der Waals surface area contributed by atoms with Gasteiger partial charge >= 0.3 is 0 Å². The molecule has 0 bridgehead atoms. The van der Waals surface area contributed by atoms with Gasteiger partial charge in [0.2, 0.25) is 0 Å². The largest absolute Gasteiger partial charge is 0.360 e. The minimum Gasteiger partial charge on any atom is -0.360 e. The van der Waals surface area contributed by atoms with Crippen LogP contribution >= 0.6 is 0 Å². The van der Waals surface area contributed by atoms with Gasteiger partial charge in [-0.1, -0.05) is 26.0 Å². The van der Waals surface area contributed by atoms with Crippen LogP contribution in [0.3, 0.4) is 0 Å². The van der Waals surface area contributed by atoms with Crippen LogP contribution in [0.2, 0.25) is 0 Å². The zero-order valence-electron chi connectivity index (χ0n) is 10.7. The molecule has 1 aromatic rings. The summed E-state index contributed by atoms with van der Waals surface area (Å²) in [6.07, 6.45) is 2.42. The molecule has 0 aromatic heterocycles. The molecule has 2 heteroatoms. The highest BCUT2D eigenvalue weighted by Crippen LogP contribution is 2.42. The zero-order chi connectivity index (χ0) is 11.7. The van der Waals surface area contributed by atoms with Crippen molar-refractivity contribution in [3.63, 3.8) is 0 Å². The van der Waals surface area contributed by atoms with Crippen molar-refractivity contribution < 1.29 is 0 Å². The molecule has 0 fully saturated rings. The molecule has 2 nitrogen and oxygen atoms in total. The van der Waals surface area contributed by atoms with Crippen molar-refractivity contribution in [2.75, 3.05) is 17.3 Å². The first-order valence-electron chi connectivity index (χ1n) is 6.15. The highest BCUT2D eigenvalue weighted by molar-refractivity contribution is 5.82. The highest BCUT2D eigenvalue weighted by atomic mass is 15.3. The van der Waals surface area contributed by atoms with Gasteiger partial charge in [-0.2, -0.15) is 0 Å². The van der Waals surface area contributed by atoms with Crippen LogP contribution in [0, 0.1) is 13.6 Å². The molecule has 2 rings (SSSR count). The summed E-state index contributed by atoms with van der Waals surface area (Å²) in [6, 6.07) is 4.52. The summed E-state index contributed by atoms with van der Waals surface area (Å²) in [4.78, 5) is 2.20. The molecule has 1 heterocycles. The second kappa shape index (κ2) is 4.36. The van der Waals surface area contributed by atoms with E-state index >= 15 is 0 Å². The summed E-state index contributed by atoms with van der Waals surface area (Å²) >= 11 is 0. The van der Waals surface area contributed by atoms with Gasteiger partial charge < -0.3 is 10.2 Å². The number of nitrogens with zero attached hydrogens (tertiary/aromatic N) is 1. The third-order valence-corrected chi connectivity index (χ3v) is 3.60. The number of rotatable bonds is 3. The maximum absolute atomic E-state index is 3.36. The Morgan fingerprint density at radius 2 is 1.94 bits per heavy atom. The molecule has 1 radical (unpaired) electrons. The van der Waals surface area contributed by atoms with Crippen molar-refractivity contribution in [2.45, 2.75) is 39.5 Å². The van der Waals surface area contributed by atoms with Crippen LogP contribution in [-0.2, 0) is 0 Å². The molecule has 0 unspecified atom stereocenters. The molecule has 1 aromatic carbocycles. The normalized spacial score (nSPS) is 14.2. The zero-order valence-corrected chi connectivity index (χ0v) is 10.7. The lowest BCUT2D eigenvalue weighted by Crippen LogP contribution is -2.12. The second-order valence-electron chi connectivity index (χ2n) is 4.59. The highest BCUT2D eigenvalue weighted by Gasteiger charge is 2.24. The fourth-order valence-electron chi connectivity index (χ4n) is 2.55. The van der Waals surface area contributed by atoms with E-state index in [1.807, 2.05) is 6.67 Å². The summed E-state index contributed by atoms with van der Waals surface area (Å²) in [5.74, 6) is 0.671. The molecule has 87 valence electrons. The van der Waals surface area contributed by atoms with Gasteiger partial charge in [0.15, 0.2) is 0 Å². The lowest BCUT2D eigenvalue weighted by Gasteiger charge is -2.21. The van der Waals surface area contributed by atoms with Gasteiger partial charge in [0.25, 0.3) is 0 Å². The van der Waals surface area contributed by atoms with E-state index in [0.717, 1.165) is 0 Å². The van der Waals surface area contributed by atoms with Crippen molar-refractivity contribution in [1.29, 1.82) is 0 Å². The average Bonchev–Trinajstić information content (AvgIpc) is 2.67. The maximum Gasteiger partial charge on any atom is 0.139 e. The van der Waals surface area contributed by atoms with Gasteiger partial charge in [-0.25, -0.2) is 0 Å². The predicted molar refractivity (Wildman–Crippen MR) is 70.8 cm³/mol. The number of aryl methyl sites for hydroxylation is 1. The topological polar surface area (TPSA) is 15.3 Å². The molecule has 0 saturated heterocycles. The van der Waals surface area contributed by atoms with Gasteiger partial charge in [-0.3, -0.25) is 0 Å². The maximum atomic E-state index is 3.36. The second-order valence-corrected chi connectivity index (χ2v) is 4.59. The molecule has 1 aliphatic heterocycles. The van der Waals surface area contributed by atoms with Gasteiger partial charge in [-0.05, 0) is 36.8 Å². The Kier molecular flexibility index (Phi) is 3.08. The van der Waals surface area contributed by atoms with E-state index in [2.05, 4.69) is 50.2 Å². The number of fused-ring (bicyclic) bond motifs is 1. The monoisotopic (exact) mass is 217 g/mol. The molecule has 1 aliphatic rings. The van der Waals surface area contributed by atoms with Gasteiger partial charge in [0, 0.05) is 7.05 Å². The molecule has 1 N–H and O–H groups in total. The average molecular weight is 217 g/mol. The quantitative estimate of drug-likeness (QED) is 0.826. The number of hydrogen-bond acceptors (Lipinski definition) is 2. The minimum absolute atomic E-state index is 0.671. The summed E-state index contributed by atoms with van der Waals surface area (Å²) in [5, 5.41) is 3.36. The van der Waals surface area contributed by atoms with Crippen LogP contribution < -0.4 is 10.2 Å². The Bertz CT molecular complexity index is 381. The van der Waals surface area contributed by atoms with Crippen molar-refractivity contribution in [2.24, 2.45) is 0 Å². The van der Waals surface area contributed by atoms with Crippen LogP contribution in [0.1, 0.15) is 43.7 Å². The van der Waals surface area contributed by atoms with E-state index in [9.17, 15) is 0 Å². The first-order chi connectivity index (χ1) is 7.69. The Morgan fingerprint density at radius 3 is 2.56 bits per heavy atom. The van der Waals surface area contributed by atoms with E-state index in [0.29, 0.717) is 5.92 Å². The van der Waals surface area contributed by atoms with Crippen LogP contribution in [0.15, 0.2) is 12.1 Å². The molecule has 0 spiro atoms. The first kappa shape index (κ1) is 11.3. The van der Waals surface area contributed by atoms with Crippen LogP contribution in [0.5, 0.6) is 0 Å². The predicted octanol–water partition coefficient (Wildman–Crippen LogP) is 3.88. The molecule has 0 aliphatic carbocycles. The number of nitrogens with one attached hydrogen (secondary N) is 1. The number of benzene rings is 1. The Hall–Kier alpha value is -1.18. The van der Waals surface area contributed by atoms with Crippen molar-refractivity contribution in [3.8, 4) is 0 Å². The fourth-order valence-corrected chi connectivity index (χ4v) is 2.55.